The monoisotopic (exact) mass is 1400 g/mol. The molecule has 540 valence electrons. The van der Waals surface area contributed by atoms with E-state index in [2.05, 4.69) is 58.3 Å². The van der Waals surface area contributed by atoms with Crippen molar-refractivity contribution in [2.45, 2.75) is 204 Å². The fourth-order valence-corrected chi connectivity index (χ4v) is 12.5. The number of oxime groups is 1. The summed E-state index contributed by atoms with van der Waals surface area (Å²) in [6, 6.07) is -10.3. The maximum absolute atomic E-state index is 14.8. The van der Waals surface area contributed by atoms with E-state index in [1.807, 2.05) is 6.07 Å². The molecule has 1 fully saturated rings. The number of hydrogen-bond donors (Lipinski definition) is 16. The topological polar surface area (TPSA) is 513 Å². The number of primary amides is 1. The van der Waals surface area contributed by atoms with Crippen LogP contribution in [0.3, 0.4) is 0 Å². The molecule has 0 unspecified atom stereocenters. The Hall–Kier alpha value is -8.47. The number of ether oxygens (including phenoxy) is 1. The van der Waals surface area contributed by atoms with Gasteiger partial charge in [-0.15, -0.1) is 0 Å². The molecule has 0 radical (unpaired) electrons. The number of aliphatic hydroxyl groups excluding tert-OH is 1. The zero-order valence-electron chi connectivity index (χ0n) is 55.9. The van der Waals surface area contributed by atoms with Gasteiger partial charge in [-0.05, 0) is 99.3 Å². The molecule has 0 aromatic heterocycles. The third kappa shape index (κ3) is 27.2. The summed E-state index contributed by atoms with van der Waals surface area (Å²) in [5, 5.41) is 67.8. The maximum Gasteiger partial charge on any atom is 0.305 e. The second-order valence-corrected chi connectivity index (χ2v) is 26.7. The van der Waals surface area contributed by atoms with Crippen molar-refractivity contribution in [3.05, 3.63) is 29.3 Å². The molecule has 13 atom stereocenters. The third-order valence-corrected chi connectivity index (χ3v) is 18.6. The Morgan fingerprint density at radius 3 is 1.73 bits per heavy atom. The van der Waals surface area contributed by atoms with Gasteiger partial charge in [0.1, 0.15) is 79.0 Å². The number of amides is 11. The van der Waals surface area contributed by atoms with Gasteiger partial charge in [-0.1, -0.05) is 65.6 Å². The van der Waals surface area contributed by atoms with Crippen molar-refractivity contribution in [3.63, 3.8) is 0 Å². The van der Waals surface area contributed by atoms with Crippen molar-refractivity contribution in [1.29, 1.82) is 5.41 Å². The molecule has 1 aromatic carbocycles. The van der Waals surface area contributed by atoms with Crippen LogP contribution >= 0.6 is 23.5 Å². The molecule has 18 N–H and O–H groups in total. The van der Waals surface area contributed by atoms with E-state index in [0.29, 0.717) is 36.1 Å². The van der Waals surface area contributed by atoms with E-state index in [1.165, 1.54) is 13.8 Å². The third-order valence-electron chi connectivity index (χ3n) is 16.4. The molecule has 1 aromatic rings. The Labute approximate surface area is 571 Å². The van der Waals surface area contributed by atoms with Crippen LogP contribution in [0.5, 0.6) is 5.75 Å². The van der Waals surface area contributed by atoms with E-state index in [4.69, 9.17) is 26.5 Å². The van der Waals surface area contributed by atoms with E-state index in [0.717, 1.165) is 54.4 Å². The standard InChI is InChI=1S/C62H97N15O18S2/c1-8-33(5)49-58(90)72-43-31-97-29-37-22-36(23-38(24-37)94-20-12-10-11-13-21-95-67-27-45(79)73-49)28-96-30-42(52(63)84)71-54(86)40(25-46(80)81)69-59(91)50(34(6)9-2)75-57(89)44-17-15-19-77(44)61(93)48(32(3)4)74-55(87)41(26-47(82)83)70-60(92)51(35(7)78)76-53(85)39(68-56(43)88)16-14-18-66-62(64)65/h22-24,27,32-35,39-44,48-51,78H,8-21,25-26,28-31H2,1-7H3,(H2,63,84)(H,68,88)(H,69,91)(H,70,92)(H,71,86)(H,72,90)(H,73,79)(H,74,87)(H,75,89)(H,76,85)(H,80,81)(H,82,83)(H4,64,65,66)/b67-27+/t33-,34+,35-,39+,40+,41+,42+,43+,44+,48+,49+,50+,51+/m1/s1. The molecule has 97 heavy (non-hydrogen) atoms. The number of rotatable bonds is 15. The molecule has 0 spiro atoms. The van der Waals surface area contributed by atoms with Crippen molar-refractivity contribution < 1.29 is 87.2 Å². The minimum Gasteiger partial charge on any atom is -0.494 e. The number of carbonyl (C=O) groups is 13. The summed E-state index contributed by atoms with van der Waals surface area (Å²) < 4.78 is 6.24. The van der Waals surface area contributed by atoms with Gasteiger partial charge in [-0.3, -0.25) is 67.7 Å². The molecule has 1 saturated heterocycles. The van der Waals surface area contributed by atoms with Crippen molar-refractivity contribution in [3.8, 4) is 5.75 Å². The Kier molecular flexibility index (Phi) is 34.2. The molecule has 3 heterocycles. The van der Waals surface area contributed by atoms with Gasteiger partial charge in [0, 0.05) is 36.1 Å². The lowest BCUT2D eigenvalue weighted by Gasteiger charge is -2.33. The van der Waals surface area contributed by atoms with Crippen LogP contribution in [0.1, 0.15) is 137 Å². The molecule has 3 aliphatic rings. The highest BCUT2D eigenvalue weighted by molar-refractivity contribution is 7.98. The first-order chi connectivity index (χ1) is 45.9. The summed E-state index contributed by atoms with van der Waals surface area (Å²) in [6.45, 7) is 11.4. The highest BCUT2D eigenvalue weighted by Gasteiger charge is 2.43. The fourth-order valence-electron chi connectivity index (χ4n) is 10.5. The van der Waals surface area contributed by atoms with Crippen LogP contribution < -0.4 is 69.4 Å². The number of aliphatic carboxylic acids is 2. The van der Waals surface area contributed by atoms with E-state index in [9.17, 15) is 77.6 Å². The predicted octanol–water partition coefficient (Wildman–Crippen LogP) is -1.70. The number of fused-ring (bicyclic) bond motifs is 6. The Morgan fingerprint density at radius 1 is 0.639 bits per heavy atom. The van der Waals surface area contributed by atoms with Crippen LogP contribution in [-0.4, -0.2) is 214 Å². The van der Waals surface area contributed by atoms with Crippen molar-refractivity contribution >= 4 is 113 Å². The summed E-state index contributed by atoms with van der Waals surface area (Å²) in [6.07, 6.45) is 0.487. The van der Waals surface area contributed by atoms with Crippen LogP contribution in [0.15, 0.2) is 23.4 Å². The lowest BCUT2D eigenvalue weighted by Crippen LogP contribution is -2.63. The highest BCUT2D eigenvalue weighted by Crippen LogP contribution is 2.27. The van der Waals surface area contributed by atoms with Gasteiger partial charge in [-0.25, -0.2) is 0 Å². The van der Waals surface area contributed by atoms with Crippen LogP contribution in [0, 0.1) is 23.2 Å². The van der Waals surface area contributed by atoms with E-state index < -0.39 is 180 Å². The van der Waals surface area contributed by atoms with Crippen molar-refractivity contribution in [2.75, 3.05) is 37.8 Å². The molecular formula is C62H97N15O18S2. The number of guanidine groups is 1. The number of thioether (sulfide) groups is 2. The van der Waals surface area contributed by atoms with E-state index >= 15 is 0 Å². The second-order valence-electron chi connectivity index (χ2n) is 24.6. The summed E-state index contributed by atoms with van der Waals surface area (Å²) in [5.41, 5.74) is 12.7. The van der Waals surface area contributed by atoms with Crippen LogP contribution in [0.4, 0.5) is 0 Å². The number of carbonyl (C=O) groups excluding carboxylic acids is 11. The van der Waals surface area contributed by atoms with Gasteiger partial charge >= 0.3 is 11.9 Å². The Bertz CT molecular complexity index is 2980. The average Bonchev–Trinajstić information content (AvgIpc) is 1.71. The first-order valence-electron chi connectivity index (χ1n) is 32.5. The zero-order chi connectivity index (χ0) is 72.1. The molecule has 3 aliphatic heterocycles. The van der Waals surface area contributed by atoms with E-state index in [-0.39, 0.29) is 81.4 Å². The molecule has 35 heteroatoms. The molecule has 33 nitrogen and oxygen atoms in total. The van der Waals surface area contributed by atoms with Crippen molar-refractivity contribution in [1.82, 2.24) is 58.1 Å². The molecule has 4 rings (SSSR count). The van der Waals surface area contributed by atoms with Gasteiger partial charge in [0.2, 0.25) is 59.1 Å². The lowest BCUT2D eigenvalue weighted by atomic mass is 9.97. The van der Waals surface area contributed by atoms with Gasteiger partial charge in [-0.2, -0.15) is 23.5 Å². The number of nitrogens with two attached hydrogens (primary N) is 2. The highest BCUT2D eigenvalue weighted by atomic mass is 32.2. The second kappa shape index (κ2) is 40.9. The Morgan fingerprint density at radius 2 is 1.16 bits per heavy atom. The van der Waals surface area contributed by atoms with Crippen LogP contribution in [-0.2, 0) is 78.7 Å². The predicted molar refractivity (Wildman–Crippen MR) is 358 cm³/mol. The first kappa shape index (κ1) is 81.0. The maximum atomic E-state index is 14.8. The van der Waals surface area contributed by atoms with Gasteiger partial charge < -0.3 is 94.4 Å². The Balaban J connectivity index is 1.89. The molecule has 4 bridgehead atoms. The van der Waals surface area contributed by atoms with Crippen molar-refractivity contribution in [2.24, 2.45) is 34.4 Å². The molecule has 0 aliphatic carbocycles. The summed E-state index contributed by atoms with van der Waals surface area (Å²) in [5.74, 6) is -15.9. The number of aliphatic hydroxyl groups is 1. The number of benzene rings is 1. The summed E-state index contributed by atoms with van der Waals surface area (Å²) in [4.78, 5) is 187. The van der Waals surface area contributed by atoms with E-state index in [1.54, 1.807) is 39.8 Å². The number of hydrogen-bond acceptors (Lipinski definition) is 20. The smallest absolute Gasteiger partial charge is 0.305 e. The lowest BCUT2D eigenvalue weighted by molar-refractivity contribution is -0.145. The number of nitrogens with one attached hydrogen (secondary N) is 11. The largest absolute Gasteiger partial charge is 0.494 e. The minimum absolute atomic E-state index is 0.00852. The average molecular weight is 1400 g/mol. The molecule has 0 saturated carbocycles. The number of carboxylic acids is 2. The minimum atomic E-state index is -1.98. The van der Waals surface area contributed by atoms with Gasteiger partial charge in [0.05, 0.1) is 25.6 Å². The summed E-state index contributed by atoms with van der Waals surface area (Å²) >= 11 is 2.32. The SMILES string of the molecule is CC[C@@H](C)[C@@H]1NC(=O)/C=N/OCCCCCCOc2cc3cc(c2)CSC[C@H](NC1=O)C(=O)N[C@@H](CCCNC(=N)N)C(=O)N[C@@H]([C@@H](C)O)C(=O)N[C@@H](CC(=O)O)C(=O)N[C@@H](C(C)C)C(=O)N1CCC[C@H]1C(=O)N[C@@H]([C@@H](C)CC)C(=O)N[C@@H](CC(=O)O)C(=O)N[C@H](C(N)=O)CSC3. The first-order valence-corrected chi connectivity index (χ1v) is 34.8. The zero-order valence-corrected chi connectivity index (χ0v) is 57.5. The number of carboxylic acid groups (broad SMARTS) is 2. The van der Waals surface area contributed by atoms with Crippen LogP contribution in [0.25, 0.3) is 0 Å². The quantitative estimate of drug-likeness (QED) is 0.0529. The fraction of sp³-hybridized carbons (Fsp3) is 0.661. The number of nitrogens with zero attached hydrogens (tertiary/aromatic N) is 2. The van der Waals surface area contributed by atoms with Gasteiger partial charge in [0.25, 0.3) is 5.91 Å². The van der Waals surface area contributed by atoms with Crippen LogP contribution in [0.2, 0.25) is 0 Å². The normalized spacial score (nSPS) is 26.5. The van der Waals surface area contributed by atoms with Gasteiger partial charge in [0.15, 0.2) is 5.96 Å². The summed E-state index contributed by atoms with van der Waals surface area (Å²) in [7, 11) is 0. The molecular weight excluding hydrogens is 1310 g/mol. The molecule has 11 amide bonds.